The lowest BCUT2D eigenvalue weighted by Crippen LogP contribution is -2.46. The van der Waals surface area contributed by atoms with Crippen LogP contribution in [0.5, 0.6) is 0 Å². The molecule has 1 saturated heterocycles. The van der Waals surface area contributed by atoms with E-state index in [9.17, 15) is 15.0 Å². The highest BCUT2D eigenvalue weighted by molar-refractivity contribution is 5.72. The first-order chi connectivity index (χ1) is 16.3. The molecular formula is C25H40N2O7. The summed E-state index contributed by atoms with van der Waals surface area (Å²) in [7, 11) is 1.41. The van der Waals surface area contributed by atoms with Gasteiger partial charge in [0.05, 0.1) is 12.0 Å². The number of aliphatic hydroxyl groups excluding tert-OH is 2. The molecule has 2 aromatic rings. The Labute approximate surface area is 201 Å². The first-order valence-corrected chi connectivity index (χ1v) is 12.5. The predicted octanol–water partition coefficient (Wildman–Crippen LogP) is 3.69. The Hall–Kier alpha value is -1.78. The van der Waals surface area contributed by atoms with Crippen molar-refractivity contribution in [3.63, 3.8) is 0 Å². The highest BCUT2D eigenvalue weighted by Gasteiger charge is 2.48. The molecule has 4 atom stereocenters. The molecule has 34 heavy (non-hydrogen) atoms. The number of aromatic nitrogens is 2. The third-order valence-electron chi connectivity index (χ3n) is 6.31. The van der Waals surface area contributed by atoms with Gasteiger partial charge in [0, 0.05) is 19.7 Å². The third-order valence-corrected chi connectivity index (χ3v) is 6.31. The summed E-state index contributed by atoms with van der Waals surface area (Å²) < 4.78 is 24.5. The standard InChI is InChI=1S/C25H40N2O7/c1-5-6-7-8-9-10-11-12-13-18-14-17-15-27(24(30)26-22(17)32-18)23-21(33-25(2,3)34-23)20(31-4)19(29)16-28/h14-15,19-21,23,28-29H,5-13,16H2,1-4H3/t19-,20+,21-,23+/m1/s1. The molecule has 0 radical (unpaired) electrons. The molecule has 0 bridgehead atoms. The molecule has 0 unspecified atom stereocenters. The average Bonchev–Trinajstić information content (AvgIpc) is 3.34. The van der Waals surface area contributed by atoms with E-state index in [-0.39, 0.29) is 0 Å². The second kappa shape index (κ2) is 12.3. The number of furan rings is 1. The van der Waals surface area contributed by atoms with Crippen LogP contribution in [0.15, 0.2) is 21.5 Å². The minimum atomic E-state index is -1.20. The number of aliphatic hydroxyl groups is 2. The minimum Gasteiger partial charge on any atom is -0.443 e. The van der Waals surface area contributed by atoms with Crippen LogP contribution >= 0.6 is 0 Å². The maximum atomic E-state index is 12.8. The fourth-order valence-corrected chi connectivity index (χ4v) is 4.55. The fourth-order valence-electron chi connectivity index (χ4n) is 4.55. The third kappa shape index (κ3) is 6.66. The Kier molecular flexibility index (Phi) is 9.67. The second-order valence-corrected chi connectivity index (χ2v) is 9.57. The van der Waals surface area contributed by atoms with Crippen LogP contribution in [0.2, 0.25) is 0 Å². The van der Waals surface area contributed by atoms with Crippen molar-refractivity contribution >= 4 is 11.1 Å². The van der Waals surface area contributed by atoms with E-state index < -0.39 is 42.6 Å². The first-order valence-electron chi connectivity index (χ1n) is 12.5. The molecule has 1 aliphatic rings. The number of rotatable bonds is 14. The molecule has 9 nitrogen and oxygen atoms in total. The van der Waals surface area contributed by atoms with Crippen LogP contribution in [-0.2, 0) is 20.6 Å². The van der Waals surface area contributed by atoms with Gasteiger partial charge in [-0.05, 0) is 26.3 Å². The highest BCUT2D eigenvalue weighted by Crippen LogP contribution is 2.37. The number of unbranched alkanes of at least 4 members (excludes halogenated alkanes) is 7. The summed E-state index contributed by atoms with van der Waals surface area (Å²) in [5.74, 6) is -0.218. The molecule has 1 fully saturated rings. The number of methoxy groups -OCH3 is 1. The van der Waals surface area contributed by atoms with Crippen molar-refractivity contribution in [2.75, 3.05) is 13.7 Å². The van der Waals surface area contributed by atoms with E-state index in [4.69, 9.17) is 18.6 Å². The monoisotopic (exact) mass is 480 g/mol. The molecule has 0 spiro atoms. The molecule has 2 N–H and O–H groups in total. The van der Waals surface area contributed by atoms with Gasteiger partial charge in [-0.3, -0.25) is 4.57 Å². The van der Waals surface area contributed by atoms with Crippen LogP contribution in [0.3, 0.4) is 0 Å². The second-order valence-electron chi connectivity index (χ2n) is 9.57. The summed E-state index contributed by atoms with van der Waals surface area (Å²) in [6.07, 6.45) is 8.51. The first kappa shape index (κ1) is 26.8. The van der Waals surface area contributed by atoms with Crippen LogP contribution in [-0.4, -0.2) is 57.6 Å². The maximum absolute atomic E-state index is 12.8. The zero-order valence-electron chi connectivity index (χ0n) is 20.9. The van der Waals surface area contributed by atoms with E-state index >= 15 is 0 Å². The van der Waals surface area contributed by atoms with Gasteiger partial charge in [-0.2, -0.15) is 4.98 Å². The van der Waals surface area contributed by atoms with Crippen LogP contribution in [0, 0.1) is 0 Å². The summed E-state index contributed by atoms with van der Waals surface area (Å²) in [5.41, 5.74) is -0.255. The van der Waals surface area contributed by atoms with Crippen molar-refractivity contribution in [1.82, 2.24) is 9.55 Å². The summed E-state index contributed by atoms with van der Waals surface area (Å²) in [6.45, 7) is 5.15. The van der Waals surface area contributed by atoms with Gasteiger partial charge < -0.3 is 28.8 Å². The molecule has 3 rings (SSSR count). The van der Waals surface area contributed by atoms with Gasteiger partial charge in [-0.15, -0.1) is 0 Å². The van der Waals surface area contributed by atoms with Crippen molar-refractivity contribution in [2.45, 2.75) is 109 Å². The van der Waals surface area contributed by atoms with Gasteiger partial charge in [-0.25, -0.2) is 4.79 Å². The quantitative estimate of drug-likeness (QED) is 0.393. The number of fused-ring (bicyclic) bond motifs is 1. The van der Waals surface area contributed by atoms with E-state index in [1.165, 1.54) is 50.2 Å². The lowest BCUT2D eigenvalue weighted by Gasteiger charge is -2.28. The topological polar surface area (TPSA) is 116 Å². The summed E-state index contributed by atoms with van der Waals surface area (Å²) in [6, 6.07) is 1.91. The summed E-state index contributed by atoms with van der Waals surface area (Å²) in [5, 5.41) is 20.3. The summed E-state index contributed by atoms with van der Waals surface area (Å²) >= 11 is 0. The van der Waals surface area contributed by atoms with Crippen molar-refractivity contribution < 1.29 is 28.8 Å². The Morgan fingerprint density at radius 3 is 2.47 bits per heavy atom. The van der Waals surface area contributed by atoms with Crippen molar-refractivity contribution in [1.29, 1.82) is 0 Å². The Bertz CT molecular complexity index is 954. The maximum Gasteiger partial charge on any atom is 0.353 e. The molecule has 0 aromatic carbocycles. The van der Waals surface area contributed by atoms with E-state index in [1.807, 2.05) is 6.07 Å². The van der Waals surface area contributed by atoms with Gasteiger partial charge in [0.25, 0.3) is 0 Å². The Balaban J connectivity index is 1.70. The van der Waals surface area contributed by atoms with Crippen molar-refractivity contribution in [3.05, 3.63) is 28.5 Å². The molecule has 192 valence electrons. The van der Waals surface area contributed by atoms with Gasteiger partial charge in [0.15, 0.2) is 12.0 Å². The molecule has 0 saturated carbocycles. The van der Waals surface area contributed by atoms with Crippen molar-refractivity contribution in [3.8, 4) is 0 Å². The van der Waals surface area contributed by atoms with E-state index in [0.29, 0.717) is 11.1 Å². The number of nitrogens with zero attached hydrogens (tertiary/aromatic N) is 2. The number of ether oxygens (including phenoxy) is 3. The molecular weight excluding hydrogens is 440 g/mol. The predicted molar refractivity (Wildman–Crippen MR) is 128 cm³/mol. The Morgan fingerprint density at radius 1 is 1.15 bits per heavy atom. The zero-order chi connectivity index (χ0) is 24.7. The average molecular weight is 481 g/mol. The van der Waals surface area contributed by atoms with Crippen LogP contribution < -0.4 is 5.69 Å². The molecule has 0 amide bonds. The number of hydrogen-bond acceptors (Lipinski definition) is 8. The van der Waals surface area contributed by atoms with Gasteiger partial charge in [0.1, 0.15) is 24.1 Å². The van der Waals surface area contributed by atoms with Crippen LogP contribution in [0.1, 0.15) is 84.1 Å². The zero-order valence-corrected chi connectivity index (χ0v) is 20.9. The largest absolute Gasteiger partial charge is 0.443 e. The molecule has 2 aromatic heterocycles. The lowest BCUT2D eigenvalue weighted by atomic mass is 10.1. The fraction of sp³-hybridized carbons (Fsp3) is 0.760. The molecule has 1 aliphatic heterocycles. The van der Waals surface area contributed by atoms with E-state index in [1.54, 1.807) is 20.0 Å². The van der Waals surface area contributed by atoms with Gasteiger partial charge in [-0.1, -0.05) is 51.9 Å². The molecule has 3 heterocycles. The highest BCUT2D eigenvalue weighted by atomic mass is 16.8. The summed E-state index contributed by atoms with van der Waals surface area (Å²) in [4.78, 5) is 17.0. The van der Waals surface area contributed by atoms with E-state index in [0.717, 1.165) is 25.0 Å². The smallest absolute Gasteiger partial charge is 0.353 e. The number of aryl methyl sites for hydroxylation is 1. The molecule has 0 aliphatic carbocycles. The SMILES string of the molecule is CCCCCCCCCCc1cc2cn([C@H]3OC(C)(C)O[C@@H]3[C@@H](OC)[C@H](O)CO)c(=O)nc2o1. The Morgan fingerprint density at radius 2 is 1.82 bits per heavy atom. The van der Waals surface area contributed by atoms with Crippen LogP contribution in [0.4, 0.5) is 0 Å². The van der Waals surface area contributed by atoms with Crippen molar-refractivity contribution in [2.24, 2.45) is 0 Å². The number of hydrogen-bond donors (Lipinski definition) is 2. The van der Waals surface area contributed by atoms with E-state index in [2.05, 4.69) is 11.9 Å². The lowest BCUT2D eigenvalue weighted by molar-refractivity contribution is -0.170. The van der Waals surface area contributed by atoms with Crippen LogP contribution in [0.25, 0.3) is 11.1 Å². The molecule has 9 heteroatoms. The van der Waals surface area contributed by atoms with Gasteiger partial charge >= 0.3 is 5.69 Å². The minimum absolute atomic E-state index is 0.296. The normalized spacial score (nSPS) is 21.8. The van der Waals surface area contributed by atoms with Gasteiger partial charge in [0.2, 0.25) is 5.71 Å².